The fourth-order valence-electron chi connectivity index (χ4n) is 4.80. The predicted molar refractivity (Wildman–Crippen MR) is 160 cm³/mol. The maximum absolute atomic E-state index is 15.0. The van der Waals surface area contributed by atoms with Crippen LogP contribution in [0.1, 0.15) is 38.7 Å². The minimum Gasteiger partial charge on any atom is -0.437 e. The molecule has 3 heterocycles. The Labute approximate surface area is 240 Å². The first-order valence-electron chi connectivity index (χ1n) is 13.9. The van der Waals surface area contributed by atoms with E-state index in [1.807, 2.05) is 26.8 Å². The smallest absolute Gasteiger partial charge is 0.232 e. The van der Waals surface area contributed by atoms with E-state index in [1.165, 1.54) is 6.07 Å². The van der Waals surface area contributed by atoms with E-state index in [1.54, 1.807) is 42.7 Å². The molecule has 3 N–H and O–H groups in total. The Bertz CT molecular complexity index is 1640. The molecule has 1 unspecified atom stereocenters. The molecule has 9 nitrogen and oxygen atoms in total. The van der Waals surface area contributed by atoms with Crippen molar-refractivity contribution in [3.8, 4) is 22.9 Å². The summed E-state index contributed by atoms with van der Waals surface area (Å²) in [5.41, 5.74) is 1.98. The number of fused-ring (bicyclic) bond motifs is 1. The monoisotopic (exact) mass is 578 g/mol. The molecule has 2 aromatic carbocycles. The molecule has 1 aliphatic heterocycles. The van der Waals surface area contributed by atoms with E-state index in [-0.39, 0.29) is 23.4 Å². The van der Waals surface area contributed by atoms with E-state index < -0.39 is 15.8 Å². The van der Waals surface area contributed by atoms with E-state index in [4.69, 9.17) is 9.72 Å². The number of aromatic nitrogens is 3. The van der Waals surface area contributed by atoms with Crippen LogP contribution in [0.15, 0.2) is 54.9 Å². The highest BCUT2D eigenvalue weighted by molar-refractivity contribution is 7.92. The molecule has 11 heteroatoms. The van der Waals surface area contributed by atoms with Crippen LogP contribution in [0, 0.1) is 18.7 Å². The fraction of sp³-hybridized carbons (Fsp3) is 0.367. The number of nitrogens with zero attached hydrogens (tertiary/aromatic N) is 3. The van der Waals surface area contributed by atoms with Gasteiger partial charge in [-0.1, -0.05) is 26.0 Å². The number of pyridine rings is 1. The second kappa shape index (κ2) is 12.4. The standard InChI is InChI=1S/C30H35FN6O3S/c1-19(2)13-17-41(38,39)37-27-22-9-8-20(3)28(23(22)10-11-25(27)31)40-29-24(7-5-15-33-29)26-12-16-34-30(36-26)35-21-6-4-14-32-18-21/h5,7-12,15-16,19,21,32,37H,4,6,13-14,17-18H2,1-3H3,(H,34,35,36). The zero-order valence-electron chi connectivity index (χ0n) is 23.4. The SMILES string of the molecule is Cc1ccc2c(NS(=O)(=O)CCC(C)C)c(F)ccc2c1Oc1ncccc1-c1ccnc(NC2CCCNC2)n1. The van der Waals surface area contributed by atoms with Crippen molar-refractivity contribution in [2.45, 2.75) is 46.1 Å². The average Bonchev–Trinajstić information content (AvgIpc) is 2.96. The number of rotatable bonds is 10. The third-order valence-corrected chi connectivity index (χ3v) is 8.34. The van der Waals surface area contributed by atoms with Gasteiger partial charge in [-0.05, 0) is 74.5 Å². The van der Waals surface area contributed by atoms with Gasteiger partial charge in [0.05, 0.1) is 22.7 Å². The summed E-state index contributed by atoms with van der Waals surface area (Å²) in [6.45, 7) is 7.63. The number of halogens is 1. The first kappa shape index (κ1) is 28.7. The van der Waals surface area contributed by atoms with Gasteiger partial charge in [0.25, 0.3) is 0 Å². The quantitative estimate of drug-likeness (QED) is 0.213. The minimum atomic E-state index is -3.75. The summed E-state index contributed by atoms with van der Waals surface area (Å²) >= 11 is 0. The summed E-state index contributed by atoms with van der Waals surface area (Å²) < 4.78 is 49.4. The summed E-state index contributed by atoms with van der Waals surface area (Å²) in [7, 11) is -3.75. The van der Waals surface area contributed by atoms with Crippen molar-refractivity contribution in [2.24, 2.45) is 5.92 Å². The van der Waals surface area contributed by atoms with E-state index >= 15 is 0 Å². The molecule has 41 heavy (non-hydrogen) atoms. The molecule has 0 radical (unpaired) electrons. The number of piperidine rings is 1. The molecule has 0 bridgehead atoms. The highest BCUT2D eigenvalue weighted by Crippen LogP contribution is 2.39. The third kappa shape index (κ3) is 6.91. The largest absolute Gasteiger partial charge is 0.437 e. The Morgan fingerprint density at radius 3 is 2.71 bits per heavy atom. The molecule has 1 fully saturated rings. The Morgan fingerprint density at radius 1 is 1.10 bits per heavy atom. The third-order valence-electron chi connectivity index (χ3n) is 7.05. The van der Waals surface area contributed by atoms with Gasteiger partial charge in [-0.25, -0.2) is 27.8 Å². The number of benzene rings is 2. The van der Waals surface area contributed by atoms with Crippen LogP contribution < -0.4 is 20.1 Å². The van der Waals surface area contributed by atoms with Crippen molar-refractivity contribution in [1.29, 1.82) is 0 Å². The number of anilines is 2. The van der Waals surface area contributed by atoms with E-state index in [9.17, 15) is 12.8 Å². The Kier molecular flexibility index (Phi) is 8.65. The molecule has 4 aromatic rings. The number of nitrogens with one attached hydrogen (secondary N) is 3. The minimum absolute atomic E-state index is 0.0962. The van der Waals surface area contributed by atoms with Crippen LogP contribution in [0.25, 0.3) is 22.0 Å². The topological polar surface area (TPSA) is 118 Å². The van der Waals surface area contributed by atoms with Crippen molar-refractivity contribution in [1.82, 2.24) is 20.3 Å². The summed E-state index contributed by atoms with van der Waals surface area (Å²) in [4.78, 5) is 13.6. The van der Waals surface area contributed by atoms with E-state index in [0.717, 1.165) is 31.5 Å². The number of ether oxygens (including phenoxy) is 1. The van der Waals surface area contributed by atoms with Gasteiger partial charge in [0.15, 0.2) is 0 Å². The molecule has 1 aliphatic rings. The fourth-order valence-corrected chi connectivity index (χ4v) is 6.20. The first-order chi connectivity index (χ1) is 19.7. The number of aryl methyl sites for hydroxylation is 1. The molecular weight excluding hydrogens is 543 g/mol. The molecule has 1 saturated heterocycles. The van der Waals surface area contributed by atoms with Crippen molar-refractivity contribution < 1.29 is 17.5 Å². The molecule has 2 aromatic heterocycles. The van der Waals surface area contributed by atoms with Crippen LogP contribution in [0.4, 0.5) is 16.0 Å². The van der Waals surface area contributed by atoms with Crippen LogP contribution in [-0.2, 0) is 10.0 Å². The van der Waals surface area contributed by atoms with Gasteiger partial charge in [-0.2, -0.15) is 0 Å². The van der Waals surface area contributed by atoms with Gasteiger partial charge in [-0.15, -0.1) is 0 Å². The van der Waals surface area contributed by atoms with Crippen LogP contribution in [0.3, 0.4) is 0 Å². The lowest BCUT2D eigenvalue weighted by molar-refractivity contribution is 0.466. The van der Waals surface area contributed by atoms with Crippen molar-refractivity contribution >= 4 is 32.4 Å². The average molecular weight is 579 g/mol. The number of hydrogen-bond donors (Lipinski definition) is 3. The molecule has 1 atom stereocenters. The van der Waals surface area contributed by atoms with Crippen LogP contribution in [-0.4, -0.2) is 48.3 Å². The van der Waals surface area contributed by atoms with Crippen LogP contribution >= 0.6 is 0 Å². The van der Waals surface area contributed by atoms with E-state index in [0.29, 0.717) is 46.0 Å². The summed E-state index contributed by atoms with van der Waals surface area (Å²) in [6, 6.07) is 12.0. The second-order valence-electron chi connectivity index (χ2n) is 10.7. The summed E-state index contributed by atoms with van der Waals surface area (Å²) in [5, 5.41) is 7.73. The lowest BCUT2D eigenvalue weighted by Gasteiger charge is -2.23. The Hall–Kier alpha value is -3.83. The van der Waals surface area contributed by atoms with Gasteiger partial charge >= 0.3 is 0 Å². The summed E-state index contributed by atoms with van der Waals surface area (Å²) in [5.74, 6) is 0.733. The lowest BCUT2D eigenvalue weighted by atomic mass is 10.0. The number of hydrogen-bond acceptors (Lipinski definition) is 8. The highest BCUT2D eigenvalue weighted by Gasteiger charge is 2.21. The normalized spacial score (nSPS) is 15.7. The van der Waals surface area contributed by atoms with Gasteiger partial charge in [0.1, 0.15) is 11.6 Å². The summed E-state index contributed by atoms with van der Waals surface area (Å²) in [6.07, 6.45) is 5.92. The van der Waals surface area contributed by atoms with Gasteiger partial charge < -0.3 is 15.4 Å². The highest BCUT2D eigenvalue weighted by atomic mass is 32.2. The van der Waals surface area contributed by atoms with Crippen molar-refractivity contribution in [3.63, 3.8) is 0 Å². The first-order valence-corrected chi connectivity index (χ1v) is 15.5. The molecule has 0 spiro atoms. The Morgan fingerprint density at radius 2 is 1.93 bits per heavy atom. The maximum Gasteiger partial charge on any atom is 0.232 e. The van der Waals surface area contributed by atoms with Crippen molar-refractivity contribution in [3.05, 3.63) is 66.2 Å². The Balaban J connectivity index is 1.48. The van der Waals surface area contributed by atoms with Crippen LogP contribution in [0.5, 0.6) is 11.6 Å². The number of sulfonamides is 1. The van der Waals surface area contributed by atoms with E-state index in [2.05, 4.69) is 25.3 Å². The second-order valence-corrected chi connectivity index (χ2v) is 12.6. The zero-order valence-corrected chi connectivity index (χ0v) is 24.3. The molecule has 5 rings (SSSR count). The van der Waals surface area contributed by atoms with Crippen LogP contribution in [0.2, 0.25) is 0 Å². The molecular formula is C30H35FN6O3S. The molecule has 216 valence electrons. The predicted octanol–water partition coefficient (Wildman–Crippen LogP) is 5.88. The molecule has 0 saturated carbocycles. The maximum atomic E-state index is 15.0. The lowest BCUT2D eigenvalue weighted by Crippen LogP contribution is -2.38. The van der Waals surface area contributed by atoms with Gasteiger partial charge in [0, 0.05) is 35.8 Å². The van der Waals surface area contributed by atoms with Gasteiger partial charge in [-0.3, -0.25) is 4.72 Å². The molecule has 0 amide bonds. The van der Waals surface area contributed by atoms with Gasteiger partial charge in [0.2, 0.25) is 21.9 Å². The molecule has 0 aliphatic carbocycles. The van der Waals surface area contributed by atoms with Crippen molar-refractivity contribution in [2.75, 3.05) is 28.9 Å². The zero-order chi connectivity index (χ0) is 29.0.